The smallest absolute Gasteiger partial charge is 0.348 e. The first-order valence-electron chi connectivity index (χ1n) is 15.3. The van der Waals surface area contributed by atoms with Crippen molar-refractivity contribution in [2.45, 2.75) is 31.9 Å². The Balaban J connectivity index is 1.15. The minimum Gasteiger partial charge on any atom is -0.494 e. The zero-order chi connectivity index (χ0) is 32.2. The predicted octanol–water partition coefficient (Wildman–Crippen LogP) is 8.32. The number of aliphatic carboxylic acids is 1. The van der Waals surface area contributed by atoms with Gasteiger partial charge >= 0.3 is 12.0 Å². The topological polar surface area (TPSA) is 88.1 Å². The van der Waals surface area contributed by atoms with Crippen molar-refractivity contribution in [3.05, 3.63) is 151 Å². The number of amides is 2. The molecule has 46 heavy (non-hydrogen) atoms. The van der Waals surface area contributed by atoms with E-state index in [0.717, 1.165) is 27.9 Å². The molecule has 0 fully saturated rings. The molecule has 0 saturated carbocycles. The lowest BCUT2D eigenvalue weighted by Crippen LogP contribution is -2.43. The largest absolute Gasteiger partial charge is 0.494 e. The number of nitrogens with one attached hydrogen (secondary N) is 1. The molecule has 0 aliphatic rings. The normalized spacial score (nSPS) is 12.0. The summed E-state index contributed by atoms with van der Waals surface area (Å²) in [5.74, 6) is 0.135. The van der Waals surface area contributed by atoms with Crippen LogP contribution in [0.2, 0.25) is 0 Å². The molecule has 2 N–H and O–H groups in total. The number of hydrogen-bond acceptors (Lipinski definition) is 4. The maximum atomic E-state index is 13.4. The number of carboxylic acids is 1. The van der Waals surface area contributed by atoms with Gasteiger partial charge < -0.3 is 24.8 Å². The molecular weight excluding hydrogens is 576 g/mol. The standard InChI is InChI=1S/C39H38N2O5/c1-39(37(42)43,46-36-16-9-4-10-17-36)28-30-18-24-35(25-19-30)45-27-11-26-41(29-31-12-5-2-6-13-31)38(44)40-34-22-20-33(21-23-34)32-14-7-3-8-15-32/h2-10,12-25H,11,26-29H2,1H3,(H,40,44)(H,42,43)/t39-/m0/s1. The van der Waals surface area contributed by atoms with Crippen LogP contribution in [0.15, 0.2) is 140 Å². The molecule has 5 aromatic rings. The summed E-state index contributed by atoms with van der Waals surface area (Å²) in [6.45, 7) is 2.95. The molecule has 0 spiro atoms. The molecule has 0 aliphatic carbocycles. The van der Waals surface area contributed by atoms with Crippen LogP contribution in [-0.4, -0.2) is 40.8 Å². The van der Waals surface area contributed by atoms with Gasteiger partial charge in [-0.15, -0.1) is 0 Å². The lowest BCUT2D eigenvalue weighted by atomic mass is 9.96. The van der Waals surface area contributed by atoms with Crippen LogP contribution < -0.4 is 14.8 Å². The number of ether oxygens (including phenoxy) is 2. The van der Waals surface area contributed by atoms with E-state index in [1.54, 1.807) is 24.0 Å². The van der Waals surface area contributed by atoms with Gasteiger partial charge in [-0.1, -0.05) is 103 Å². The van der Waals surface area contributed by atoms with Gasteiger partial charge in [-0.25, -0.2) is 9.59 Å². The summed E-state index contributed by atoms with van der Waals surface area (Å²) in [6.07, 6.45) is 0.812. The first kappa shape index (κ1) is 31.9. The summed E-state index contributed by atoms with van der Waals surface area (Å²) in [4.78, 5) is 27.2. The van der Waals surface area contributed by atoms with Crippen LogP contribution in [0.25, 0.3) is 11.1 Å². The molecule has 0 radical (unpaired) electrons. The molecule has 0 aliphatic heterocycles. The van der Waals surface area contributed by atoms with Crippen LogP contribution in [0.5, 0.6) is 11.5 Å². The van der Waals surface area contributed by atoms with Crippen molar-refractivity contribution in [2.24, 2.45) is 0 Å². The number of hydrogen-bond donors (Lipinski definition) is 2. The molecule has 7 heteroatoms. The third-order valence-corrected chi connectivity index (χ3v) is 7.59. The second-order valence-electron chi connectivity index (χ2n) is 11.3. The highest BCUT2D eigenvalue weighted by Crippen LogP contribution is 2.25. The van der Waals surface area contributed by atoms with Gasteiger partial charge in [0.25, 0.3) is 0 Å². The van der Waals surface area contributed by atoms with Crippen molar-refractivity contribution < 1.29 is 24.2 Å². The number of nitrogens with zero attached hydrogens (tertiary/aromatic N) is 1. The van der Waals surface area contributed by atoms with Crippen molar-refractivity contribution in [1.29, 1.82) is 0 Å². The zero-order valence-corrected chi connectivity index (χ0v) is 25.8. The molecule has 2 amide bonds. The van der Waals surface area contributed by atoms with E-state index in [-0.39, 0.29) is 12.5 Å². The van der Waals surface area contributed by atoms with Crippen molar-refractivity contribution in [1.82, 2.24) is 4.90 Å². The van der Waals surface area contributed by atoms with E-state index in [0.29, 0.717) is 37.6 Å². The molecule has 1 atom stereocenters. The monoisotopic (exact) mass is 614 g/mol. The summed E-state index contributed by atoms with van der Waals surface area (Å²) in [6, 6.07) is 44.0. The first-order chi connectivity index (χ1) is 22.4. The van der Waals surface area contributed by atoms with Gasteiger partial charge in [0, 0.05) is 25.2 Å². The first-order valence-corrected chi connectivity index (χ1v) is 15.3. The Kier molecular flexibility index (Phi) is 10.7. The average Bonchev–Trinajstić information content (AvgIpc) is 3.08. The summed E-state index contributed by atoms with van der Waals surface area (Å²) < 4.78 is 11.8. The number of rotatable bonds is 14. The molecule has 0 bridgehead atoms. The lowest BCUT2D eigenvalue weighted by Gasteiger charge is -2.26. The summed E-state index contributed by atoms with van der Waals surface area (Å²) in [7, 11) is 0. The fourth-order valence-corrected chi connectivity index (χ4v) is 5.08. The summed E-state index contributed by atoms with van der Waals surface area (Å²) >= 11 is 0. The van der Waals surface area contributed by atoms with Crippen LogP contribution >= 0.6 is 0 Å². The minimum atomic E-state index is -1.42. The lowest BCUT2D eigenvalue weighted by molar-refractivity contribution is -0.153. The Morgan fingerprint density at radius 2 is 1.28 bits per heavy atom. The molecule has 234 valence electrons. The number of carboxylic acid groups (broad SMARTS) is 1. The highest BCUT2D eigenvalue weighted by Gasteiger charge is 2.36. The van der Waals surface area contributed by atoms with Crippen molar-refractivity contribution in [3.63, 3.8) is 0 Å². The zero-order valence-electron chi connectivity index (χ0n) is 25.8. The maximum absolute atomic E-state index is 13.4. The molecule has 5 rings (SSSR count). The minimum absolute atomic E-state index is 0.181. The van der Waals surface area contributed by atoms with Gasteiger partial charge in [0.05, 0.1) is 6.61 Å². The van der Waals surface area contributed by atoms with Crippen LogP contribution in [0, 0.1) is 0 Å². The average molecular weight is 615 g/mol. The molecular formula is C39H38N2O5. The Bertz CT molecular complexity index is 1680. The van der Waals surface area contributed by atoms with E-state index in [1.807, 2.05) is 115 Å². The molecule has 0 aromatic heterocycles. The van der Waals surface area contributed by atoms with E-state index in [2.05, 4.69) is 17.4 Å². The Morgan fingerprint density at radius 3 is 1.91 bits per heavy atom. The van der Waals surface area contributed by atoms with E-state index < -0.39 is 11.6 Å². The SMILES string of the molecule is C[C@@](Cc1ccc(OCCCN(Cc2ccccc2)C(=O)Nc2ccc(-c3ccccc3)cc2)cc1)(Oc1ccccc1)C(=O)O. The number of carbonyl (C=O) groups excluding carboxylic acids is 1. The number of para-hydroxylation sites is 1. The fraction of sp³-hybridized carbons (Fsp3) is 0.179. The third kappa shape index (κ3) is 8.99. The van der Waals surface area contributed by atoms with Crippen LogP contribution in [-0.2, 0) is 17.8 Å². The Hall–Kier alpha value is -5.56. The summed E-state index contributed by atoms with van der Waals surface area (Å²) in [5.41, 5.74) is 3.37. The van der Waals surface area contributed by atoms with E-state index >= 15 is 0 Å². The van der Waals surface area contributed by atoms with Gasteiger partial charge in [-0.05, 0) is 72.0 Å². The molecule has 5 aromatic carbocycles. The van der Waals surface area contributed by atoms with Gasteiger partial charge in [-0.3, -0.25) is 0 Å². The van der Waals surface area contributed by atoms with Crippen LogP contribution in [0.1, 0.15) is 24.5 Å². The quantitative estimate of drug-likeness (QED) is 0.123. The van der Waals surface area contributed by atoms with Crippen molar-refractivity contribution >= 4 is 17.7 Å². The van der Waals surface area contributed by atoms with Crippen LogP contribution in [0.4, 0.5) is 10.5 Å². The van der Waals surface area contributed by atoms with E-state index in [4.69, 9.17) is 9.47 Å². The summed E-state index contributed by atoms with van der Waals surface area (Å²) in [5, 5.41) is 12.9. The van der Waals surface area contributed by atoms with Crippen LogP contribution in [0.3, 0.4) is 0 Å². The number of anilines is 1. The molecule has 0 saturated heterocycles. The second-order valence-corrected chi connectivity index (χ2v) is 11.3. The number of urea groups is 1. The molecule has 7 nitrogen and oxygen atoms in total. The van der Waals surface area contributed by atoms with Gasteiger partial charge in [0.1, 0.15) is 11.5 Å². The van der Waals surface area contributed by atoms with Gasteiger partial charge in [0.15, 0.2) is 0 Å². The fourth-order valence-electron chi connectivity index (χ4n) is 5.08. The van der Waals surface area contributed by atoms with E-state index in [1.165, 1.54) is 0 Å². The Morgan fingerprint density at radius 1 is 0.696 bits per heavy atom. The molecule has 0 heterocycles. The predicted molar refractivity (Wildman–Crippen MR) is 181 cm³/mol. The Labute approximate surface area is 270 Å². The van der Waals surface area contributed by atoms with Gasteiger partial charge in [0.2, 0.25) is 5.60 Å². The third-order valence-electron chi connectivity index (χ3n) is 7.59. The maximum Gasteiger partial charge on any atom is 0.348 e. The molecule has 0 unspecified atom stereocenters. The second kappa shape index (κ2) is 15.4. The van der Waals surface area contributed by atoms with Gasteiger partial charge in [-0.2, -0.15) is 0 Å². The van der Waals surface area contributed by atoms with Crippen molar-refractivity contribution in [3.8, 4) is 22.6 Å². The highest BCUT2D eigenvalue weighted by atomic mass is 16.5. The highest BCUT2D eigenvalue weighted by molar-refractivity contribution is 5.89. The number of benzene rings is 5. The number of carbonyl (C=O) groups is 2. The van der Waals surface area contributed by atoms with Crippen molar-refractivity contribution in [2.75, 3.05) is 18.5 Å². The van der Waals surface area contributed by atoms with E-state index in [9.17, 15) is 14.7 Å².